The molecule has 0 radical (unpaired) electrons. The van der Waals surface area contributed by atoms with Crippen LogP contribution in [0.25, 0.3) is 0 Å². The van der Waals surface area contributed by atoms with E-state index in [1.165, 1.54) is 0 Å². The van der Waals surface area contributed by atoms with Crippen molar-refractivity contribution in [2.45, 2.75) is 12.8 Å². The van der Waals surface area contributed by atoms with E-state index in [2.05, 4.69) is 20.6 Å². The SMILES string of the molecule is NCCNc1cc(NCC2CCOCC2)ncn1. The number of nitrogens with zero attached hydrogens (tertiary/aromatic N) is 2. The van der Waals surface area contributed by atoms with E-state index in [1.54, 1.807) is 6.33 Å². The van der Waals surface area contributed by atoms with Crippen LogP contribution in [0.3, 0.4) is 0 Å². The summed E-state index contributed by atoms with van der Waals surface area (Å²) in [6.07, 6.45) is 3.80. The molecule has 0 amide bonds. The van der Waals surface area contributed by atoms with E-state index in [0.717, 1.165) is 50.8 Å². The van der Waals surface area contributed by atoms with Crippen LogP contribution in [-0.4, -0.2) is 42.8 Å². The number of nitrogens with one attached hydrogen (secondary N) is 2. The molecule has 2 heterocycles. The maximum atomic E-state index is 5.44. The van der Waals surface area contributed by atoms with E-state index in [1.807, 2.05) is 6.07 Å². The zero-order chi connectivity index (χ0) is 12.6. The van der Waals surface area contributed by atoms with Gasteiger partial charge in [-0.25, -0.2) is 9.97 Å². The van der Waals surface area contributed by atoms with Crippen molar-refractivity contribution >= 4 is 11.6 Å². The monoisotopic (exact) mass is 251 g/mol. The molecule has 1 aliphatic rings. The Bertz CT molecular complexity index is 354. The van der Waals surface area contributed by atoms with Crippen LogP contribution in [0.15, 0.2) is 12.4 Å². The predicted octanol–water partition coefficient (Wildman–Crippen LogP) is 0.686. The van der Waals surface area contributed by atoms with Gasteiger partial charge < -0.3 is 21.1 Å². The first kappa shape index (κ1) is 13.0. The Labute approximate surface area is 107 Å². The Morgan fingerprint density at radius 2 is 1.94 bits per heavy atom. The van der Waals surface area contributed by atoms with Crippen molar-refractivity contribution in [1.82, 2.24) is 9.97 Å². The van der Waals surface area contributed by atoms with Crippen molar-refractivity contribution in [3.05, 3.63) is 12.4 Å². The lowest BCUT2D eigenvalue weighted by Gasteiger charge is -2.22. The standard InChI is InChI=1S/C12H21N5O/c13-3-4-14-11-7-12(17-9-16-11)15-8-10-1-5-18-6-2-10/h7,9-10H,1-6,8,13H2,(H2,14,15,16,17). The molecule has 0 unspecified atom stereocenters. The van der Waals surface area contributed by atoms with Crippen LogP contribution in [0.2, 0.25) is 0 Å². The Kier molecular flexibility index (Phi) is 5.16. The third-order valence-corrected chi connectivity index (χ3v) is 3.03. The highest BCUT2D eigenvalue weighted by molar-refractivity contribution is 5.46. The molecule has 1 aromatic rings. The summed E-state index contributed by atoms with van der Waals surface area (Å²) in [4.78, 5) is 8.34. The molecule has 1 aliphatic heterocycles. The molecular weight excluding hydrogens is 230 g/mol. The molecule has 0 atom stereocenters. The largest absolute Gasteiger partial charge is 0.381 e. The van der Waals surface area contributed by atoms with Crippen molar-refractivity contribution in [2.24, 2.45) is 11.7 Å². The van der Waals surface area contributed by atoms with Crippen LogP contribution < -0.4 is 16.4 Å². The molecule has 6 heteroatoms. The van der Waals surface area contributed by atoms with Crippen LogP contribution >= 0.6 is 0 Å². The molecule has 18 heavy (non-hydrogen) atoms. The van der Waals surface area contributed by atoms with Gasteiger partial charge >= 0.3 is 0 Å². The second kappa shape index (κ2) is 7.13. The minimum Gasteiger partial charge on any atom is -0.381 e. The van der Waals surface area contributed by atoms with E-state index < -0.39 is 0 Å². The first-order chi connectivity index (χ1) is 8.88. The number of rotatable bonds is 6. The number of ether oxygens (including phenoxy) is 1. The number of hydrogen-bond acceptors (Lipinski definition) is 6. The molecule has 1 aromatic heterocycles. The fourth-order valence-corrected chi connectivity index (χ4v) is 1.95. The van der Waals surface area contributed by atoms with Crippen LogP contribution in [0.5, 0.6) is 0 Å². The van der Waals surface area contributed by atoms with E-state index in [9.17, 15) is 0 Å². The summed E-state index contributed by atoms with van der Waals surface area (Å²) in [7, 11) is 0. The van der Waals surface area contributed by atoms with Gasteiger partial charge in [-0.3, -0.25) is 0 Å². The van der Waals surface area contributed by atoms with Crippen molar-refractivity contribution in [3.8, 4) is 0 Å². The van der Waals surface area contributed by atoms with Gasteiger partial charge in [0.15, 0.2) is 0 Å². The third kappa shape index (κ3) is 4.12. The highest BCUT2D eigenvalue weighted by Gasteiger charge is 2.13. The lowest BCUT2D eigenvalue weighted by molar-refractivity contribution is 0.0699. The van der Waals surface area contributed by atoms with Gasteiger partial charge in [0.25, 0.3) is 0 Å². The summed E-state index contributed by atoms with van der Waals surface area (Å²) < 4.78 is 5.34. The summed E-state index contributed by atoms with van der Waals surface area (Å²) in [6.45, 7) is 4.00. The Hall–Kier alpha value is -1.40. The van der Waals surface area contributed by atoms with Crippen LogP contribution in [0.4, 0.5) is 11.6 Å². The molecule has 1 saturated heterocycles. The van der Waals surface area contributed by atoms with Gasteiger partial charge in [0.1, 0.15) is 18.0 Å². The fourth-order valence-electron chi connectivity index (χ4n) is 1.95. The Balaban J connectivity index is 1.80. The molecule has 1 fully saturated rings. The van der Waals surface area contributed by atoms with Gasteiger partial charge in [0.05, 0.1) is 0 Å². The highest BCUT2D eigenvalue weighted by Crippen LogP contribution is 2.16. The quantitative estimate of drug-likeness (QED) is 0.689. The minimum absolute atomic E-state index is 0.592. The molecule has 4 N–H and O–H groups in total. The zero-order valence-corrected chi connectivity index (χ0v) is 10.6. The summed E-state index contributed by atoms with van der Waals surface area (Å²) in [5.41, 5.74) is 5.44. The number of hydrogen-bond donors (Lipinski definition) is 3. The molecule has 2 rings (SSSR count). The van der Waals surface area contributed by atoms with Crippen molar-refractivity contribution in [1.29, 1.82) is 0 Å². The van der Waals surface area contributed by atoms with Crippen LogP contribution in [0, 0.1) is 5.92 Å². The molecule has 0 spiro atoms. The molecule has 0 saturated carbocycles. The van der Waals surface area contributed by atoms with Gasteiger partial charge in [-0.05, 0) is 18.8 Å². The molecular formula is C12H21N5O. The number of nitrogens with two attached hydrogens (primary N) is 1. The molecule has 0 aromatic carbocycles. The van der Waals surface area contributed by atoms with Crippen molar-refractivity contribution in [3.63, 3.8) is 0 Å². The van der Waals surface area contributed by atoms with Crippen LogP contribution in [0.1, 0.15) is 12.8 Å². The zero-order valence-electron chi connectivity index (χ0n) is 10.6. The predicted molar refractivity (Wildman–Crippen MR) is 71.6 cm³/mol. The lowest BCUT2D eigenvalue weighted by atomic mass is 10.0. The van der Waals surface area contributed by atoms with Crippen molar-refractivity contribution in [2.75, 3.05) is 43.5 Å². The molecule has 6 nitrogen and oxygen atoms in total. The average molecular weight is 251 g/mol. The van der Waals surface area contributed by atoms with Gasteiger partial charge in [0, 0.05) is 38.9 Å². The summed E-state index contributed by atoms with van der Waals surface area (Å²) in [5, 5.41) is 6.49. The van der Waals surface area contributed by atoms with Crippen molar-refractivity contribution < 1.29 is 4.74 Å². The second-order valence-electron chi connectivity index (χ2n) is 4.44. The number of anilines is 2. The summed E-state index contributed by atoms with van der Waals surface area (Å²) in [5.74, 6) is 2.34. The minimum atomic E-state index is 0.592. The summed E-state index contributed by atoms with van der Waals surface area (Å²) in [6, 6.07) is 1.91. The second-order valence-corrected chi connectivity index (χ2v) is 4.44. The van der Waals surface area contributed by atoms with E-state index in [-0.39, 0.29) is 0 Å². The van der Waals surface area contributed by atoms with Gasteiger partial charge in [-0.1, -0.05) is 0 Å². The van der Waals surface area contributed by atoms with Gasteiger partial charge in [0.2, 0.25) is 0 Å². The Morgan fingerprint density at radius 3 is 2.67 bits per heavy atom. The third-order valence-electron chi connectivity index (χ3n) is 3.03. The topological polar surface area (TPSA) is 85.1 Å². The van der Waals surface area contributed by atoms with Gasteiger partial charge in [-0.15, -0.1) is 0 Å². The smallest absolute Gasteiger partial charge is 0.131 e. The number of aromatic nitrogens is 2. The molecule has 100 valence electrons. The average Bonchev–Trinajstić information content (AvgIpc) is 2.44. The molecule has 0 aliphatic carbocycles. The lowest BCUT2D eigenvalue weighted by Crippen LogP contribution is -2.23. The normalized spacial score (nSPS) is 16.5. The summed E-state index contributed by atoms with van der Waals surface area (Å²) >= 11 is 0. The van der Waals surface area contributed by atoms with E-state index >= 15 is 0 Å². The Morgan fingerprint density at radius 1 is 1.22 bits per heavy atom. The first-order valence-corrected chi connectivity index (χ1v) is 6.46. The van der Waals surface area contributed by atoms with Crippen LogP contribution in [-0.2, 0) is 4.74 Å². The molecule has 0 bridgehead atoms. The van der Waals surface area contributed by atoms with E-state index in [4.69, 9.17) is 10.5 Å². The van der Waals surface area contributed by atoms with Gasteiger partial charge in [-0.2, -0.15) is 0 Å². The maximum absolute atomic E-state index is 5.44. The maximum Gasteiger partial charge on any atom is 0.131 e. The highest BCUT2D eigenvalue weighted by atomic mass is 16.5. The first-order valence-electron chi connectivity index (χ1n) is 6.46. The van der Waals surface area contributed by atoms with E-state index in [0.29, 0.717) is 12.5 Å². The fraction of sp³-hybridized carbons (Fsp3) is 0.667.